The molecule has 0 unspecified atom stereocenters. The summed E-state index contributed by atoms with van der Waals surface area (Å²) in [5, 5.41) is 0. The van der Waals surface area contributed by atoms with Gasteiger partial charge >= 0.3 is 18.9 Å². The van der Waals surface area contributed by atoms with Crippen LogP contribution in [0.2, 0.25) is 0 Å². The monoisotopic (exact) mass is 118 g/mol. The molecule has 0 fully saturated rings. The van der Waals surface area contributed by atoms with Gasteiger partial charge in [-0.15, -0.1) is 0 Å². The van der Waals surface area contributed by atoms with Crippen molar-refractivity contribution in [3.63, 3.8) is 0 Å². The van der Waals surface area contributed by atoms with E-state index >= 15 is 0 Å². The Labute approximate surface area is 71.2 Å². The first-order valence-corrected chi connectivity index (χ1v) is 2.86. The Morgan fingerprint density at radius 2 is 1.56 bits per heavy atom. The molecule has 0 N–H and O–H groups in total. The van der Waals surface area contributed by atoms with Crippen LogP contribution in [-0.4, -0.2) is 0 Å². The average Bonchev–Trinajstić information content (AvgIpc) is 1.88. The number of unbranched alkanes of at least 4 members (excludes halogenated alkanes) is 1. The van der Waals surface area contributed by atoms with Gasteiger partial charge in [0.15, 0.2) is 0 Å². The van der Waals surface area contributed by atoms with Gasteiger partial charge in [0.25, 0.3) is 0 Å². The van der Waals surface area contributed by atoms with Crippen LogP contribution in [0.5, 0.6) is 0 Å². The molecule has 0 saturated heterocycles. The first-order valence-electron chi connectivity index (χ1n) is 2.86. The van der Waals surface area contributed by atoms with Crippen molar-refractivity contribution in [1.82, 2.24) is 0 Å². The number of allylic oxidation sites excluding steroid dienone is 2. The second kappa shape index (κ2) is 24.3. The molecule has 0 aromatic carbocycles. The molecule has 0 aliphatic rings. The Morgan fingerprint density at radius 3 is 1.56 bits per heavy atom. The summed E-state index contributed by atoms with van der Waals surface area (Å²) in [5.74, 6) is 0. The summed E-state index contributed by atoms with van der Waals surface area (Å²) in [6.45, 7) is 12.4. The average molecular weight is 118 g/mol. The standard InChI is InChI=1S/C4H9.C4H6.Li/c2*1-3-4-2;/h1,3-4H2,2H3;3-4H,1-2H2;/q-1;;+1. The summed E-state index contributed by atoms with van der Waals surface area (Å²) in [6, 6.07) is 0. The van der Waals surface area contributed by atoms with Crippen LogP contribution in [0, 0.1) is 6.92 Å². The van der Waals surface area contributed by atoms with E-state index in [9.17, 15) is 0 Å². The molecule has 0 spiro atoms. The molecule has 1 heteroatoms. The minimum atomic E-state index is 0. The molecule has 0 nitrogen and oxygen atoms in total. The molecule has 0 saturated carbocycles. The van der Waals surface area contributed by atoms with Crippen molar-refractivity contribution in [1.29, 1.82) is 0 Å². The molecular formula is C8H15Li. The maximum absolute atomic E-state index is 3.60. The molecule has 0 bridgehead atoms. The third-order valence-electron chi connectivity index (χ3n) is 0.520. The quantitative estimate of drug-likeness (QED) is 0.271. The van der Waals surface area contributed by atoms with E-state index in [1.807, 2.05) is 0 Å². The molecule has 0 aromatic heterocycles. The predicted octanol–water partition coefficient (Wildman–Crippen LogP) is -0.0170. The molecule has 0 aliphatic heterocycles. The molecule has 0 rings (SSSR count). The second-order valence-electron chi connectivity index (χ2n) is 1.32. The van der Waals surface area contributed by atoms with Crippen molar-refractivity contribution in [2.45, 2.75) is 19.8 Å². The Balaban J connectivity index is -0.0000000720. The number of hydrogen-bond donors (Lipinski definition) is 0. The van der Waals surface area contributed by atoms with Crippen molar-refractivity contribution in [2.75, 3.05) is 0 Å². The van der Waals surface area contributed by atoms with Gasteiger partial charge in [0.2, 0.25) is 0 Å². The zero-order valence-corrected chi connectivity index (χ0v) is 6.69. The van der Waals surface area contributed by atoms with Crippen LogP contribution in [0.3, 0.4) is 0 Å². The van der Waals surface area contributed by atoms with Crippen molar-refractivity contribution >= 4 is 0 Å². The molecule has 0 amide bonds. The topological polar surface area (TPSA) is 0 Å². The zero-order valence-electron chi connectivity index (χ0n) is 6.69. The van der Waals surface area contributed by atoms with Crippen LogP contribution >= 0.6 is 0 Å². The molecule has 48 valence electrons. The zero-order chi connectivity index (χ0) is 6.83. The summed E-state index contributed by atoms with van der Waals surface area (Å²) in [7, 11) is 0. The minimum Gasteiger partial charge on any atom is -0.343 e. The van der Waals surface area contributed by atoms with Gasteiger partial charge in [-0.1, -0.05) is 38.7 Å². The van der Waals surface area contributed by atoms with E-state index in [1.54, 1.807) is 12.2 Å². The van der Waals surface area contributed by atoms with Crippen LogP contribution in [0.25, 0.3) is 0 Å². The van der Waals surface area contributed by atoms with Gasteiger partial charge in [-0.25, -0.2) is 0 Å². The minimum absolute atomic E-state index is 0. The summed E-state index contributed by atoms with van der Waals surface area (Å²) in [4.78, 5) is 0. The van der Waals surface area contributed by atoms with Gasteiger partial charge in [-0.2, -0.15) is 6.42 Å². The summed E-state index contributed by atoms with van der Waals surface area (Å²) < 4.78 is 0. The third-order valence-corrected chi connectivity index (χ3v) is 0.520. The van der Waals surface area contributed by atoms with Crippen LogP contribution in [0.1, 0.15) is 19.8 Å². The molecule has 9 heavy (non-hydrogen) atoms. The van der Waals surface area contributed by atoms with Crippen molar-refractivity contribution in [3.05, 3.63) is 32.2 Å². The maximum atomic E-state index is 3.60. The molecule has 0 heterocycles. The Hall–Kier alpha value is 0.0774. The molecule has 0 atom stereocenters. The molecule has 0 radical (unpaired) electrons. The van der Waals surface area contributed by atoms with Gasteiger partial charge in [0.1, 0.15) is 0 Å². The largest absolute Gasteiger partial charge is 1.00 e. The summed E-state index contributed by atoms with van der Waals surface area (Å²) in [5.41, 5.74) is 0. The van der Waals surface area contributed by atoms with Crippen LogP contribution < -0.4 is 18.9 Å². The van der Waals surface area contributed by atoms with E-state index in [4.69, 9.17) is 0 Å². The van der Waals surface area contributed by atoms with E-state index in [0.29, 0.717) is 0 Å². The van der Waals surface area contributed by atoms with Gasteiger partial charge in [0.05, 0.1) is 0 Å². The van der Waals surface area contributed by atoms with E-state index in [2.05, 4.69) is 27.0 Å². The second-order valence-corrected chi connectivity index (χ2v) is 1.32. The Kier molecular flexibility index (Phi) is 43.4. The summed E-state index contributed by atoms with van der Waals surface area (Å²) in [6.07, 6.45) is 5.56. The van der Waals surface area contributed by atoms with Gasteiger partial charge < -0.3 is 6.92 Å². The van der Waals surface area contributed by atoms with E-state index in [1.165, 1.54) is 6.42 Å². The maximum Gasteiger partial charge on any atom is 1.00 e. The molecular weight excluding hydrogens is 103 g/mol. The smallest absolute Gasteiger partial charge is 0.343 e. The number of hydrogen-bond acceptors (Lipinski definition) is 0. The van der Waals surface area contributed by atoms with Crippen molar-refractivity contribution in [2.24, 2.45) is 0 Å². The van der Waals surface area contributed by atoms with Gasteiger partial charge in [0, 0.05) is 0 Å². The van der Waals surface area contributed by atoms with Crippen LogP contribution in [-0.2, 0) is 0 Å². The van der Waals surface area contributed by atoms with Crippen molar-refractivity contribution < 1.29 is 18.9 Å². The SMILES string of the molecule is C=CC=C.[CH2-]CCC.[Li+]. The van der Waals surface area contributed by atoms with E-state index < -0.39 is 0 Å². The third kappa shape index (κ3) is 69.1. The fraction of sp³-hybridized carbons (Fsp3) is 0.375. The molecule has 0 aromatic rings. The summed E-state index contributed by atoms with van der Waals surface area (Å²) >= 11 is 0. The Morgan fingerprint density at radius 1 is 1.33 bits per heavy atom. The van der Waals surface area contributed by atoms with Gasteiger partial charge in [-0.3, -0.25) is 0 Å². The fourth-order valence-electron chi connectivity index (χ4n) is 0. The predicted molar refractivity (Wildman–Crippen MR) is 40.7 cm³/mol. The van der Waals surface area contributed by atoms with Crippen LogP contribution in [0.15, 0.2) is 25.3 Å². The van der Waals surface area contributed by atoms with Crippen molar-refractivity contribution in [3.8, 4) is 0 Å². The van der Waals surface area contributed by atoms with E-state index in [0.717, 1.165) is 6.42 Å². The Bertz CT molecular complexity index is 40.5. The first kappa shape index (κ1) is 16.0. The fourth-order valence-corrected chi connectivity index (χ4v) is 0. The van der Waals surface area contributed by atoms with E-state index in [-0.39, 0.29) is 18.9 Å². The van der Waals surface area contributed by atoms with Crippen LogP contribution in [0.4, 0.5) is 0 Å². The normalized spacial score (nSPS) is 5.56. The number of rotatable bonds is 2. The van der Waals surface area contributed by atoms with Gasteiger partial charge in [-0.05, 0) is 0 Å². The first-order chi connectivity index (χ1) is 3.83. The molecule has 0 aliphatic carbocycles.